The second-order valence-electron chi connectivity index (χ2n) is 2.95. The van der Waals surface area contributed by atoms with Gasteiger partial charge in [-0.05, 0) is 12.1 Å². The maximum atomic E-state index is 11.5. The zero-order valence-corrected chi connectivity index (χ0v) is 7.97. The average Bonchev–Trinajstić information content (AvgIpc) is 2.13. The van der Waals surface area contributed by atoms with E-state index in [0.717, 1.165) is 0 Å². The van der Waals surface area contributed by atoms with E-state index >= 15 is 0 Å². The van der Waals surface area contributed by atoms with E-state index in [1.807, 2.05) is 0 Å². The number of nitrogen functional groups attached to an aromatic ring is 1. The Morgan fingerprint density at radius 2 is 2.07 bits per heavy atom. The molecular formula is C8H8N2O3S. The van der Waals surface area contributed by atoms with E-state index in [-0.39, 0.29) is 11.4 Å². The van der Waals surface area contributed by atoms with Gasteiger partial charge < -0.3 is 11.1 Å². The summed E-state index contributed by atoms with van der Waals surface area (Å²) < 4.78 is 23.0. The van der Waals surface area contributed by atoms with E-state index in [2.05, 4.69) is 5.32 Å². The molecule has 3 N–H and O–H groups in total. The van der Waals surface area contributed by atoms with E-state index in [9.17, 15) is 13.2 Å². The van der Waals surface area contributed by atoms with Gasteiger partial charge in [-0.3, -0.25) is 4.79 Å². The molecule has 74 valence electrons. The van der Waals surface area contributed by atoms with Gasteiger partial charge in [-0.2, -0.15) is 0 Å². The number of para-hydroxylation sites is 1. The largest absolute Gasteiger partial charge is 0.397 e. The first-order chi connectivity index (χ1) is 6.53. The van der Waals surface area contributed by atoms with Crippen molar-refractivity contribution in [3.63, 3.8) is 0 Å². The summed E-state index contributed by atoms with van der Waals surface area (Å²) in [5.74, 6) is 0. The topological polar surface area (TPSA) is 89.3 Å². The summed E-state index contributed by atoms with van der Waals surface area (Å²) in [5, 5.41) is 1.86. The third-order valence-corrected chi connectivity index (χ3v) is 3.72. The second-order valence-corrected chi connectivity index (χ2v) is 4.85. The van der Waals surface area contributed by atoms with Gasteiger partial charge in [-0.1, -0.05) is 6.07 Å². The summed E-state index contributed by atoms with van der Waals surface area (Å²) in [6.45, 7) is -0.219. The number of fused-ring (bicyclic) bond motifs is 1. The van der Waals surface area contributed by atoms with Gasteiger partial charge in [-0.15, -0.1) is 0 Å². The highest BCUT2D eigenvalue weighted by molar-refractivity contribution is 8.06. The third kappa shape index (κ3) is 1.07. The van der Waals surface area contributed by atoms with Gasteiger partial charge in [0.05, 0.1) is 22.8 Å². The summed E-state index contributed by atoms with van der Waals surface area (Å²) >= 11 is 0. The van der Waals surface area contributed by atoms with Gasteiger partial charge >= 0.3 is 0 Å². The molecule has 1 aromatic carbocycles. The van der Waals surface area contributed by atoms with Crippen LogP contribution in [-0.2, 0) is 14.6 Å². The molecule has 14 heavy (non-hydrogen) atoms. The van der Waals surface area contributed by atoms with Gasteiger partial charge in [-0.25, -0.2) is 8.42 Å². The molecule has 0 radical (unpaired) electrons. The molecule has 0 saturated heterocycles. The minimum Gasteiger partial charge on any atom is -0.397 e. The molecule has 0 atom stereocenters. The van der Waals surface area contributed by atoms with Crippen molar-refractivity contribution in [3.05, 3.63) is 18.2 Å². The molecule has 0 fully saturated rings. The minimum absolute atomic E-state index is 0.0336. The van der Waals surface area contributed by atoms with E-state index in [4.69, 9.17) is 5.73 Å². The van der Waals surface area contributed by atoms with E-state index in [1.165, 1.54) is 12.1 Å². The standard InChI is InChI=1S/C8H8N2O3S/c9-5-2-1-3-6-8(5)10-4-7(11)14(6,12)13/h1-3,10H,4,9H2. The molecule has 1 aliphatic rings. The highest BCUT2D eigenvalue weighted by atomic mass is 32.2. The maximum absolute atomic E-state index is 11.5. The Hall–Kier alpha value is -1.56. The quantitative estimate of drug-likeness (QED) is 0.590. The molecule has 0 amide bonds. The van der Waals surface area contributed by atoms with Crippen molar-refractivity contribution in [2.75, 3.05) is 17.6 Å². The molecule has 1 aliphatic heterocycles. The van der Waals surface area contributed by atoms with Crippen LogP contribution < -0.4 is 11.1 Å². The van der Waals surface area contributed by atoms with Gasteiger partial charge in [0, 0.05) is 0 Å². The number of nitrogens with one attached hydrogen (secondary N) is 1. The maximum Gasteiger partial charge on any atom is 0.270 e. The Morgan fingerprint density at radius 1 is 1.36 bits per heavy atom. The Kier molecular flexibility index (Phi) is 1.75. The predicted molar refractivity (Wildman–Crippen MR) is 51.5 cm³/mol. The van der Waals surface area contributed by atoms with Crippen LogP contribution in [-0.4, -0.2) is 20.1 Å². The first kappa shape index (κ1) is 9.01. The molecule has 0 aromatic heterocycles. The van der Waals surface area contributed by atoms with Crippen molar-refractivity contribution in [2.24, 2.45) is 0 Å². The van der Waals surface area contributed by atoms with Crippen LogP contribution in [0.1, 0.15) is 0 Å². The highest BCUT2D eigenvalue weighted by Gasteiger charge is 2.32. The summed E-state index contributed by atoms with van der Waals surface area (Å²) in [7, 11) is -3.82. The Morgan fingerprint density at radius 3 is 2.79 bits per heavy atom. The molecule has 5 nitrogen and oxygen atoms in total. The number of hydrogen-bond acceptors (Lipinski definition) is 5. The van der Waals surface area contributed by atoms with Crippen LogP contribution in [0.25, 0.3) is 0 Å². The lowest BCUT2D eigenvalue weighted by atomic mass is 10.2. The molecule has 6 heteroatoms. The van der Waals surface area contributed by atoms with E-state index in [1.54, 1.807) is 6.07 Å². The van der Waals surface area contributed by atoms with E-state index in [0.29, 0.717) is 11.4 Å². The van der Waals surface area contributed by atoms with Crippen LogP contribution in [0.4, 0.5) is 11.4 Å². The van der Waals surface area contributed by atoms with Crippen LogP contribution in [0.5, 0.6) is 0 Å². The van der Waals surface area contributed by atoms with Crippen LogP contribution in [0.15, 0.2) is 23.1 Å². The van der Waals surface area contributed by atoms with Crippen molar-refractivity contribution < 1.29 is 13.2 Å². The Labute approximate surface area is 80.8 Å². The van der Waals surface area contributed by atoms with Crippen molar-refractivity contribution in [1.29, 1.82) is 0 Å². The fraction of sp³-hybridized carbons (Fsp3) is 0.125. The molecule has 2 rings (SSSR count). The third-order valence-electron chi connectivity index (χ3n) is 2.06. The fourth-order valence-electron chi connectivity index (χ4n) is 1.34. The fourth-order valence-corrected chi connectivity index (χ4v) is 2.56. The molecule has 1 heterocycles. The smallest absolute Gasteiger partial charge is 0.270 e. The zero-order chi connectivity index (χ0) is 10.3. The molecule has 0 spiro atoms. The van der Waals surface area contributed by atoms with Crippen LogP contribution in [0, 0.1) is 0 Å². The SMILES string of the molecule is Nc1cccc2c1NCC(=O)S2(=O)=O. The number of rotatable bonds is 0. The Bertz CT molecular complexity index is 507. The molecule has 0 bridgehead atoms. The summed E-state index contributed by atoms with van der Waals surface area (Å²) in [5.41, 5.74) is 6.23. The van der Waals surface area contributed by atoms with Crippen LogP contribution in [0.3, 0.4) is 0 Å². The van der Waals surface area contributed by atoms with Crippen molar-refractivity contribution in [1.82, 2.24) is 0 Å². The first-order valence-corrected chi connectivity index (χ1v) is 5.42. The average molecular weight is 212 g/mol. The van der Waals surface area contributed by atoms with Crippen molar-refractivity contribution >= 4 is 26.3 Å². The molecular weight excluding hydrogens is 204 g/mol. The minimum atomic E-state index is -3.82. The van der Waals surface area contributed by atoms with Gasteiger partial charge in [0.2, 0.25) is 9.84 Å². The predicted octanol–water partition coefficient (Wildman–Crippen LogP) is -0.00540. The lowest BCUT2D eigenvalue weighted by Gasteiger charge is -2.18. The summed E-state index contributed by atoms with van der Waals surface area (Å²) in [6, 6.07) is 4.45. The Balaban J connectivity index is 2.78. The van der Waals surface area contributed by atoms with Crippen molar-refractivity contribution in [3.8, 4) is 0 Å². The van der Waals surface area contributed by atoms with Crippen LogP contribution in [0.2, 0.25) is 0 Å². The number of anilines is 2. The van der Waals surface area contributed by atoms with Gasteiger partial charge in [0.25, 0.3) is 5.12 Å². The number of carbonyl (C=O) groups is 1. The van der Waals surface area contributed by atoms with Gasteiger partial charge in [0.1, 0.15) is 0 Å². The number of nitrogens with two attached hydrogens (primary N) is 1. The molecule has 0 aliphatic carbocycles. The summed E-state index contributed by atoms with van der Waals surface area (Å²) in [6.07, 6.45) is 0. The van der Waals surface area contributed by atoms with Crippen LogP contribution >= 0.6 is 0 Å². The second kappa shape index (κ2) is 2.71. The van der Waals surface area contributed by atoms with Gasteiger partial charge in [0.15, 0.2) is 0 Å². The summed E-state index contributed by atoms with van der Waals surface area (Å²) in [4.78, 5) is 11.1. The first-order valence-electron chi connectivity index (χ1n) is 3.94. The lowest BCUT2D eigenvalue weighted by Crippen LogP contribution is -2.29. The zero-order valence-electron chi connectivity index (χ0n) is 7.15. The number of carbonyl (C=O) groups excluding carboxylic acids is 1. The number of benzene rings is 1. The molecule has 0 unspecified atom stereocenters. The number of hydrogen-bond donors (Lipinski definition) is 2. The monoisotopic (exact) mass is 212 g/mol. The highest BCUT2D eigenvalue weighted by Crippen LogP contribution is 2.31. The normalized spacial score (nSPS) is 18.4. The molecule has 0 saturated carbocycles. The lowest BCUT2D eigenvalue weighted by molar-refractivity contribution is -0.110. The van der Waals surface area contributed by atoms with E-state index < -0.39 is 15.0 Å². The molecule has 1 aromatic rings. The van der Waals surface area contributed by atoms with Crippen molar-refractivity contribution in [2.45, 2.75) is 4.90 Å². The number of sulfone groups is 1.